The van der Waals surface area contributed by atoms with E-state index < -0.39 is 0 Å². The smallest absolute Gasteiger partial charge is 0.241 e. The third-order valence-electron chi connectivity index (χ3n) is 3.85. The topological polar surface area (TPSA) is 58.4 Å². The van der Waals surface area contributed by atoms with Crippen molar-refractivity contribution in [2.75, 3.05) is 24.1 Å². The van der Waals surface area contributed by atoms with Gasteiger partial charge in [0.25, 0.3) is 0 Å². The molecule has 5 heteroatoms. The number of benzene rings is 1. The summed E-state index contributed by atoms with van der Waals surface area (Å²) in [5.74, 6) is 0.505. The van der Waals surface area contributed by atoms with E-state index in [1.807, 2.05) is 6.92 Å². The summed E-state index contributed by atoms with van der Waals surface area (Å²) >= 11 is 5.94. The molecule has 0 saturated carbocycles. The molecule has 0 heterocycles. The average molecular weight is 312 g/mol. The predicted molar refractivity (Wildman–Crippen MR) is 90.7 cm³/mol. The Bertz CT molecular complexity index is 479. The van der Waals surface area contributed by atoms with Gasteiger partial charge in [-0.3, -0.25) is 9.69 Å². The summed E-state index contributed by atoms with van der Waals surface area (Å²) in [7, 11) is 0. The maximum Gasteiger partial charge on any atom is 0.241 e. The third-order valence-corrected chi connectivity index (χ3v) is 4.08. The molecular formula is C16H26ClN3O. The highest BCUT2D eigenvalue weighted by atomic mass is 35.5. The van der Waals surface area contributed by atoms with Crippen molar-refractivity contribution in [2.45, 2.75) is 40.2 Å². The van der Waals surface area contributed by atoms with Crippen molar-refractivity contribution < 1.29 is 4.79 Å². The van der Waals surface area contributed by atoms with Crippen LogP contribution in [0.3, 0.4) is 0 Å². The number of hydrogen-bond acceptors (Lipinski definition) is 3. The minimum Gasteiger partial charge on any atom is -0.397 e. The zero-order chi connectivity index (χ0) is 16.0. The lowest BCUT2D eigenvalue weighted by Crippen LogP contribution is -2.44. The molecule has 2 unspecified atom stereocenters. The van der Waals surface area contributed by atoms with E-state index in [9.17, 15) is 4.79 Å². The SMILES string of the molecule is CCC(C)CN(CC)C(C)C(=O)Nc1cc(Cl)ccc1N. The number of anilines is 2. The van der Waals surface area contributed by atoms with Crippen molar-refractivity contribution in [1.29, 1.82) is 0 Å². The van der Waals surface area contributed by atoms with Crippen LogP contribution in [0.2, 0.25) is 5.02 Å². The van der Waals surface area contributed by atoms with Crippen LogP contribution in [0.25, 0.3) is 0 Å². The van der Waals surface area contributed by atoms with Crippen LogP contribution in [-0.4, -0.2) is 29.9 Å². The highest BCUT2D eigenvalue weighted by Gasteiger charge is 2.21. The molecule has 1 rings (SSSR count). The van der Waals surface area contributed by atoms with Gasteiger partial charge in [-0.25, -0.2) is 0 Å². The Kier molecular flexibility index (Phi) is 6.99. The number of hydrogen-bond donors (Lipinski definition) is 2. The first-order valence-corrected chi connectivity index (χ1v) is 7.86. The van der Waals surface area contributed by atoms with E-state index in [0.29, 0.717) is 22.3 Å². The minimum atomic E-state index is -0.206. The van der Waals surface area contributed by atoms with Crippen LogP contribution >= 0.6 is 11.6 Å². The van der Waals surface area contributed by atoms with Gasteiger partial charge in [-0.15, -0.1) is 0 Å². The van der Waals surface area contributed by atoms with Crippen LogP contribution in [0, 0.1) is 5.92 Å². The van der Waals surface area contributed by atoms with Gasteiger partial charge in [-0.1, -0.05) is 38.8 Å². The Morgan fingerprint density at radius 2 is 2.05 bits per heavy atom. The van der Waals surface area contributed by atoms with Gasteiger partial charge in [0.1, 0.15) is 0 Å². The standard InChI is InChI=1S/C16H26ClN3O/c1-5-11(3)10-20(6-2)12(4)16(21)19-15-9-13(17)7-8-14(15)18/h7-9,11-12H,5-6,10,18H2,1-4H3,(H,19,21). The maximum absolute atomic E-state index is 12.4. The molecule has 2 atom stereocenters. The largest absolute Gasteiger partial charge is 0.397 e. The number of nitrogens with one attached hydrogen (secondary N) is 1. The normalized spacial score (nSPS) is 14.0. The lowest BCUT2D eigenvalue weighted by Gasteiger charge is -2.29. The number of halogens is 1. The van der Waals surface area contributed by atoms with Gasteiger partial charge in [0.05, 0.1) is 17.4 Å². The molecular weight excluding hydrogens is 286 g/mol. The van der Waals surface area contributed by atoms with Crippen LogP contribution in [0.15, 0.2) is 18.2 Å². The van der Waals surface area contributed by atoms with E-state index in [1.165, 1.54) is 0 Å². The second kappa shape index (κ2) is 8.25. The first kappa shape index (κ1) is 17.8. The summed E-state index contributed by atoms with van der Waals surface area (Å²) in [6.07, 6.45) is 1.10. The van der Waals surface area contributed by atoms with Crippen LogP contribution in [0.4, 0.5) is 11.4 Å². The van der Waals surface area contributed by atoms with E-state index in [1.54, 1.807) is 18.2 Å². The Morgan fingerprint density at radius 3 is 2.62 bits per heavy atom. The van der Waals surface area contributed by atoms with Crippen molar-refractivity contribution in [2.24, 2.45) is 5.92 Å². The summed E-state index contributed by atoms with van der Waals surface area (Å²) in [6, 6.07) is 4.87. The first-order valence-electron chi connectivity index (χ1n) is 7.48. The fourth-order valence-corrected chi connectivity index (χ4v) is 2.30. The van der Waals surface area contributed by atoms with E-state index in [0.717, 1.165) is 19.5 Å². The van der Waals surface area contributed by atoms with E-state index in [4.69, 9.17) is 17.3 Å². The van der Waals surface area contributed by atoms with E-state index in [2.05, 4.69) is 31.0 Å². The first-order chi connectivity index (χ1) is 9.88. The molecule has 21 heavy (non-hydrogen) atoms. The van der Waals surface area contributed by atoms with Crippen molar-refractivity contribution in [3.8, 4) is 0 Å². The lowest BCUT2D eigenvalue weighted by atomic mass is 10.1. The summed E-state index contributed by atoms with van der Waals surface area (Å²) in [5.41, 5.74) is 6.95. The van der Waals surface area contributed by atoms with Crippen LogP contribution in [-0.2, 0) is 4.79 Å². The van der Waals surface area contributed by atoms with Gasteiger partial charge in [0.2, 0.25) is 5.91 Å². The van der Waals surface area contributed by atoms with Crippen LogP contribution < -0.4 is 11.1 Å². The molecule has 0 aromatic heterocycles. The van der Waals surface area contributed by atoms with Gasteiger partial charge in [-0.05, 0) is 37.6 Å². The zero-order valence-corrected chi connectivity index (χ0v) is 14.1. The Morgan fingerprint density at radius 1 is 1.38 bits per heavy atom. The molecule has 0 saturated heterocycles. The van der Waals surface area contributed by atoms with Gasteiger partial charge in [0.15, 0.2) is 0 Å². The molecule has 118 valence electrons. The number of nitrogens with two attached hydrogens (primary N) is 1. The van der Waals surface area contributed by atoms with Gasteiger partial charge < -0.3 is 11.1 Å². The van der Waals surface area contributed by atoms with Gasteiger partial charge in [0, 0.05) is 11.6 Å². The molecule has 0 aliphatic heterocycles. The molecule has 0 radical (unpaired) electrons. The number of carbonyl (C=O) groups is 1. The van der Waals surface area contributed by atoms with Gasteiger partial charge in [-0.2, -0.15) is 0 Å². The lowest BCUT2D eigenvalue weighted by molar-refractivity contribution is -0.120. The molecule has 0 spiro atoms. The fraction of sp³-hybridized carbons (Fsp3) is 0.562. The van der Waals surface area contributed by atoms with Crippen molar-refractivity contribution in [3.05, 3.63) is 23.2 Å². The summed E-state index contributed by atoms with van der Waals surface area (Å²) in [4.78, 5) is 14.6. The molecule has 1 amide bonds. The van der Waals surface area contributed by atoms with Crippen molar-refractivity contribution in [1.82, 2.24) is 4.90 Å². The third kappa shape index (κ3) is 5.21. The predicted octanol–water partition coefficient (Wildman–Crippen LogP) is 3.62. The van der Waals surface area contributed by atoms with E-state index >= 15 is 0 Å². The molecule has 0 bridgehead atoms. The average Bonchev–Trinajstić information content (AvgIpc) is 2.47. The second-order valence-corrected chi connectivity index (χ2v) is 5.93. The summed E-state index contributed by atoms with van der Waals surface area (Å²) < 4.78 is 0. The number of rotatable bonds is 7. The molecule has 1 aromatic carbocycles. The minimum absolute atomic E-state index is 0.0610. The van der Waals surface area contributed by atoms with Crippen molar-refractivity contribution in [3.63, 3.8) is 0 Å². The molecule has 4 nitrogen and oxygen atoms in total. The number of likely N-dealkylation sites (N-methyl/N-ethyl adjacent to an activating group) is 1. The zero-order valence-electron chi connectivity index (χ0n) is 13.3. The van der Waals surface area contributed by atoms with E-state index in [-0.39, 0.29) is 11.9 Å². The number of amides is 1. The highest BCUT2D eigenvalue weighted by Crippen LogP contribution is 2.23. The summed E-state index contributed by atoms with van der Waals surface area (Å²) in [5, 5.41) is 3.42. The monoisotopic (exact) mass is 311 g/mol. The molecule has 1 aromatic rings. The quantitative estimate of drug-likeness (QED) is 0.756. The molecule has 0 aliphatic rings. The summed E-state index contributed by atoms with van der Waals surface area (Å²) in [6.45, 7) is 10.1. The second-order valence-electron chi connectivity index (χ2n) is 5.50. The highest BCUT2D eigenvalue weighted by molar-refractivity contribution is 6.31. The van der Waals surface area contributed by atoms with Crippen molar-refractivity contribution >= 4 is 28.9 Å². The number of carbonyl (C=O) groups excluding carboxylic acids is 1. The van der Waals surface area contributed by atoms with Gasteiger partial charge >= 0.3 is 0 Å². The molecule has 3 N–H and O–H groups in total. The Balaban J connectivity index is 2.74. The number of nitrogens with zero attached hydrogens (tertiary/aromatic N) is 1. The maximum atomic E-state index is 12.4. The Hall–Kier alpha value is -1.26. The fourth-order valence-electron chi connectivity index (χ4n) is 2.13. The van der Waals surface area contributed by atoms with Crippen LogP contribution in [0.1, 0.15) is 34.1 Å². The number of nitrogen functional groups attached to an aromatic ring is 1. The molecule has 0 aliphatic carbocycles. The van der Waals surface area contributed by atoms with Crippen LogP contribution in [0.5, 0.6) is 0 Å². The Labute approximate surface area is 132 Å². The molecule has 0 fully saturated rings.